The van der Waals surface area contributed by atoms with Crippen LogP contribution in [0.3, 0.4) is 0 Å². The molecule has 0 unspecified atom stereocenters. The van der Waals surface area contributed by atoms with Gasteiger partial charge in [-0.2, -0.15) is 0 Å². The summed E-state index contributed by atoms with van der Waals surface area (Å²) in [5, 5.41) is 13.2. The van der Waals surface area contributed by atoms with E-state index in [9.17, 15) is 5.11 Å². The summed E-state index contributed by atoms with van der Waals surface area (Å²) in [4.78, 5) is 2.52. The van der Waals surface area contributed by atoms with Crippen molar-refractivity contribution >= 4 is 0 Å². The van der Waals surface area contributed by atoms with E-state index in [0.29, 0.717) is 12.0 Å². The SMILES string of the molecule is COc1cc(O)cc(OC)c1[C@H](C1CC1)N1CCNCC1. The number of phenolic OH excluding ortho intramolecular Hbond substituents is 1. The van der Waals surface area contributed by atoms with Crippen molar-refractivity contribution in [3.63, 3.8) is 0 Å². The molecule has 0 spiro atoms. The molecule has 5 nitrogen and oxygen atoms in total. The topological polar surface area (TPSA) is 54.0 Å². The third-order valence-electron chi connectivity index (χ3n) is 4.44. The fraction of sp³-hybridized carbons (Fsp3) is 0.625. The van der Waals surface area contributed by atoms with Crippen molar-refractivity contribution in [2.45, 2.75) is 18.9 Å². The van der Waals surface area contributed by atoms with Crippen LogP contribution < -0.4 is 14.8 Å². The Hall–Kier alpha value is -1.46. The van der Waals surface area contributed by atoms with E-state index < -0.39 is 0 Å². The number of phenols is 1. The highest BCUT2D eigenvalue weighted by Crippen LogP contribution is 2.50. The lowest BCUT2D eigenvalue weighted by Crippen LogP contribution is -2.45. The minimum absolute atomic E-state index is 0.183. The first-order chi connectivity index (χ1) is 10.2. The van der Waals surface area contributed by atoms with Gasteiger partial charge in [0.25, 0.3) is 0 Å². The van der Waals surface area contributed by atoms with Crippen molar-refractivity contribution in [3.8, 4) is 17.2 Å². The summed E-state index contributed by atoms with van der Waals surface area (Å²) in [5.74, 6) is 2.29. The van der Waals surface area contributed by atoms with Crippen molar-refractivity contribution in [2.24, 2.45) is 5.92 Å². The summed E-state index contributed by atoms with van der Waals surface area (Å²) in [6.07, 6.45) is 2.50. The van der Waals surface area contributed by atoms with E-state index in [0.717, 1.165) is 43.2 Å². The molecule has 1 aromatic carbocycles. The van der Waals surface area contributed by atoms with Crippen LogP contribution in [-0.2, 0) is 0 Å². The van der Waals surface area contributed by atoms with Gasteiger partial charge < -0.3 is 19.9 Å². The Kier molecular flexibility index (Phi) is 4.22. The molecule has 2 fully saturated rings. The predicted molar refractivity (Wildman–Crippen MR) is 81.1 cm³/mol. The number of ether oxygens (including phenoxy) is 2. The van der Waals surface area contributed by atoms with Gasteiger partial charge in [0.2, 0.25) is 0 Å². The number of aromatic hydroxyl groups is 1. The third-order valence-corrected chi connectivity index (χ3v) is 4.44. The second-order valence-electron chi connectivity index (χ2n) is 5.83. The lowest BCUT2D eigenvalue weighted by molar-refractivity contribution is 0.150. The predicted octanol–water partition coefficient (Wildman–Crippen LogP) is 1.77. The summed E-state index contributed by atoms with van der Waals surface area (Å²) in [6, 6.07) is 3.70. The molecule has 0 amide bonds. The Balaban J connectivity index is 2.01. The minimum Gasteiger partial charge on any atom is -0.508 e. The van der Waals surface area contributed by atoms with Crippen molar-refractivity contribution < 1.29 is 14.6 Å². The highest BCUT2D eigenvalue weighted by Gasteiger charge is 2.40. The van der Waals surface area contributed by atoms with Crippen LogP contribution in [0, 0.1) is 5.92 Å². The second-order valence-corrected chi connectivity index (χ2v) is 5.83. The Labute approximate surface area is 125 Å². The van der Waals surface area contributed by atoms with Crippen molar-refractivity contribution in [1.29, 1.82) is 0 Å². The fourth-order valence-electron chi connectivity index (χ4n) is 3.31. The monoisotopic (exact) mass is 292 g/mol. The molecule has 1 saturated carbocycles. The summed E-state index contributed by atoms with van der Waals surface area (Å²) in [7, 11) is 3.30. The smallest absolute Gasteiger partial charge is 0.131 e. The summed E-state index contributed by atoms with van der Waals surface area (Å²) in [5.41, 5.74) is 1.09. The van der Waals surface area contributed by atoms with E-state index in [1.807, 2.05) is 0 Å². The van der Waals surface area contributed by atoms with Gasteiger partial charge in [-0.05, 0) is 18.8 Å². The van der Waals surface area contributed by atoms with Crippen LogP contribution in [0.1, 0.15) is 24.4 Å². The molecular formula is C16H24N2O3. The number of piperazine rings is 1. The Morgan fingerprint density at radius 3 is 2.19 bits per heavy atom. The van der Waals surface area contributed by atoms with Gasteiger partial charge in [0.05, 0.1) is 19.8 Å². The number of nitrogens with one attached hydrogen (secondary N) is 1. The van der Waals surface area contributed by atoms with E-state index in [2.05, 4.69) is 10.2 Å². The molecule has 116 valence electrons. The molecule has 3 rings (SSSR count). The number of methoxy groups -OCH3 is 2. The van der Waals surface area contributed by atoms with E-state index in [1.165, 1.54) is 12.8 Å². The zero-order chi connectivity index (χ0) is 14.8. The highest BCUT2D eigenvalue weighted by atomic mass is 16.5. The van der Waals surface area contributed by atoms with Crippen molar-refractivity contribution in [1.82, 2.24) is 10.2 Å². The van der Waals surface area contributed by atoms with Crippen LogP contribution in [-0.4, -0.2) is 50.4 Å². The van der Waals surface area contributed by atoms with E-state index in [4.69, 9.17) is 9.47 Å². The van der Waals surface area contributed by atoms with Crippen molar-refractivity contribution in [3.05, 3.63) is 17.7 Å². The molecular weight excluding hydrogens is 268 g/mol. The van der Waals surface area contributed by atoms with Gasteiger partial charge in [-0.3, -0.25) is 4.90 Å². The van der Waals surface area contributed by atoms with Crippen LogP contribution in [0.4, 0.5) is 0 Å². The standard InChI is InChI=1S/C16H24N2O3/c1-20-13-9-12(19)10-14(21-2)15(13)16(11-3-4-11)18-7-5-17-6-8-18/h9-11,16-17,19H,3-8H2,1-2H3/t16-/m0/s1. The third kappa shape index (κ3) is 2.94. The number of hydrogen-bond acceptors (Lipinski definition) is 5. The molecule has 1 atom stereocenters. The van der Waals surface area contributed by atoms with Gasteiger partial charge in [0, 0.05) is 44.4 Å². The van der Waals surface area contributed by atoms with Crippen LogP contribution >= 0.6 is 0 Å². The molecule has 1 aromatic rings. The maximum absolute atomic E-state index is 9.84. The zero-order valence-electron chi connectivity index (χ0n) is 12.8. The van der Waals surface area contributed by atoms with Gasteiger partial charge in [-0.15, -0.1) is 0 Å². The van der Waals surface area contributed by atoms with Gasteiger partial charge >= 0.3 is 0 Å². The van der Waals surface area contributed by atoms with Gasteiger partial charge in [0.1, 0.15) is 17.2 Å². The molecule has 2 N–H and O–H groups in total. The second kappa shape index (κ2) is 6.12. The quantitative estimate of drug-likeness (QED) is 0.866. The number of benzene rings is 1. The Morgan fingerprint density at radius 1 is 1.14 bits per heavy atom. The van der Waals surface area contributed by atoms with E-state index >= 15 is 0 Å². The number of hydrogen-bond donors (Lipinski definition) is 2. The first-order valence-corrected chi connectivity index (χ1v) is 7.64. The van der Waals surface area contributed by atoms with Gasteiger partial charge in [-0.25, -0.2) is 0 Å². The molecule has 1 heterocycles. The number of rotatable bonds is 5. The fourth-order valence-corrected chi connectivity index (χ4v) is 3.31. The molecule has 1 aliphatic carbocycles. The maximum atomic E-state index is 9.84. The molecule has 0 radical (unpaired) electrons. The first kappa shape index (κ1) is 14.5. The van der Waals surface area contributed by atoms with Crippen LogP contribution in [0.15, 0.2) is 12.1 Å². The molecule has 21 heavy (non-hydrogen) atoms. The summed E-state index contributed by atoms with van der Waals surface area (Å²) < 4.78 is 11.1. The summed E-state index contributed by atoms with van der Waals surface area (Å²) in [6.45, 7) is 4.11. The van der Waals surface area contributed by atoms with Crippen molar-refractivity contribution in [2.75, 3.05) is 40.4 Å². The van der Waals surface area contributed by atoms with Crippen LogP contribution in [0.25, 0.3) is 0 Å². The van der Waals surface area contributed by atoms with Crippen LogP contribution in [0.5, 0.6) is 17.2 Å². The molecule has 2 aliphatic rings. The Bertz CT molecular complexity index is 471. The lowest BCUT2D eigenvalue weighted by Gasteiger charge is -2.36. The highest BCUT2D eigenvalue weighted by molar-refractivity contribution is 5.52. The normalized spacial score (nSPS) is 21.0. The molecule has 0 bridgehead atoms. The first-order valence-electron chi connectivity index (χ1n) is 7.64. The molecule has 1 saturated heterocycles. The molecule has 0 aromatic heterocycles. The largest absolute Gasteiger partial charge is 0.508 e. The molecule has 5 heteroatoms. The van der Waals surface area contributed by atoms with E-state index in [-0.39, 0.29) is 5.75 Å². The average molecular weight is 292 g/mol. The van der Waals surface area contributed by atoms with Gasteiger partial charge in [0.15, 0.2) is 0 Å². The Morgan fingerprint density at radius 2 is 1.71 bits per heavy atom. The average Bonchev–Trinajstić information content (AvgIpc) is 3.34. The minimum atomic E-state index is 0.183. The summed E-state index contributed by atoms with van der Waals surface area (Å²) >= 11 is 0. The molecule has 1 aliphatic heterocycles. The zero-order valence-corrected chi connectivity index (χ0v) is 12.8. The van der Waals surface area contributed by atoms with Crippen LogP contribution in [0.2, 0.25) is 0 Å². The van der Waals surface area contributed by atoms with Gasteiger partial charge in [-0.1, -0.05) is 0 Å². The lowest BCUT2D eigenvalue weighted by atomic mass is 9.97. The van der Waals surface area contributed by atoms with E-state index in [1.54, 1.807) is 26.4 Å². The maximum Gasteiger partial charge on any atom is 0.131 e. The number of nitrogens with zero attached hydrogens (tertiary/aromatic N) is 1.